The number of rotatable bonds is 8. The number of aromatic nitrogens is 3. The third-order valence-corrected chi connectivity index (χ3v) is 5.26. The Hall–Kier alpha value is -2.41. The lowest BCUT2D eigenvalue weighted by Crippen LogP contribution is -2.53. The van der Waals surface area contributed by atoms with E-state index in [9.17, 15) is 4.79 Å². The van der Waals surface area contributed by atoms with Crippen LogP contribution in [-0.4, -0.2) is 46.9 Å². The molecule has 0 fully saturated rings. The topological polar surface area (TPSA) is 72.3 Å². The normalized spacial score (nSPS) is 18.8. The minimum atomic E-state index is -0.819. The van der Waals surface area contributed by atoms with Gasteiger partial charge in [-0.3, -0.25) is 9.36 Å². The van der Waals surface area contributed by atoms with Crippen molar-refractivity contribution < 1.29 is 9.53 Å². The summed E-state index contributed by atoms with van der Waals surface area (Å²) in [6.07, 6.45) is 0.873. The number of fused-ring (bicyclic) bond motifs is 1. The molecule has 152 valence electrons. The minimum absolute atomic E-state index is 0.0436. The first-order valence-electron chi connectivity index (χ1n) is 10.1. The van der Waals surface area contributed by atoms with E-state index < -0.39 is 5.54 Å². The van der Waals surface area contributed by atoms with Gasteiger partial charge in [0.25, 0.3) is 0 Å². The van der Waals surface area contributed by atoms with Crippen LogP contribution in [0.1, 0.15) is 51.7 Å². The van der Waals surface area contributed by atoms with Crippen LogP contribution in [0.2, 0.25) is 0 Å². The van der Waals surface area contributed by atoms with Gasteiger partial charge in [-0.05, 0) is 32.4 Å². The summed E-state index contributed by atoms with van der Waals surface area (Å²) in [7, 11) is 0. The molecule has 7 heteroatoms. The zero-order chi connectivity index (χ0) is 20.1. The number of nitrogens with one attached hydrogen (secondary N) is 1. The number of anilines is 1. The molecule has 2 heterocycles. The summed E-state index contributed by atoms with van der Waals surface area (Å²) in [6.45, 7) is 11.3. The Labute approximate surface area is 167 Å². The number of hydrogen-bond donors (Lipinski definition) is 1. The van der Waals surface area contributed by atoms with E-state index in [1.165, 1.54) is 5.69 Å². The van der Waals surface area contributed by atoms with E-state index in [0.717, 1.165) is 25.3 Å². The summed E-state index contributed by atoms with van der Waals surface area (Å²) in [6, 6.07) is 10.3. The number of carbonyl (C=O) groups excluding carboxylic acids is 1. The highest BCUT2D eigenvalue weighted by molar-refractivity contribution is 5.84. The Morgan fingerprint density at radius 1 is 1.32 bits per heavy atom. The molecule has 1 unspecified atom stereocenters. The Bertz CT molecular complexity index is 789. The zero-order valence-electron chi connectivity index (χ0n) is 17.3. The van der Waals surface area contributed by atoms with Crippen LogP contribution in [0.4, 0.5) is 5.69 Å². The molecule has 1 aromatic carbocycles. The van der Waals surface area contributed by atoms with Gasteiger partial charge in [-0.1, -0.05) is 32.0 Å². The van der Waals surface area contributed by atoms with Crippen molar-refractivity contribution in [1.29, 1.82) is 0 Å². The van der Waals surface area contributed by atoms with E-state index in [2.05, 4.69) is 53.3 Å². The van der Waals surface area contributed by atoms with Crippen LogP contribution in [0.3, 0.4) is 0 Å². The molecule has 0 radical (unpaired) electrons. The van der Waals surface area contributed by atoms with Crippen LogP contribution >= 0.6 is 0 Å². The summed E-state index contributed by atoms with van der Waals surface area (Å²) in [4.78, 5) is 15.4. The number of nitrogens with zero attached hydrogens (tertiary/aromatic N) is 4. The molecular weight excluding hydrogens is 354 g/mol. The lowest BCUT2D eigenvalue weighted by atomic mass is 9.99. The van der Waals surface area contributed by atoms with E-state index in [1.54, 1.807) is 0 Å². The van der Waals surface area contributed by atoms with Crippen molar-refractivity contribution >= 4 is 11.6 Å². The molecule has 7 nitrogen and oxygen atoms in total. The van der Waals surface area contributed by atoms with Crippen LogP contribution in [-0.2, 0) is 21.7 Å². The van der Waals surface area contributed by atoms with E-state index >= 15 is 0 Å². The molecule has 1 aliphatic rings. The van der Waals surface area contributed by atoms with Gasteiger partial charge in [0.05, 0.1) is 6.61 Å². The highest BCUT2D eigenvalue weighted by Crippen LogP contribution is 2.29. The third-order valence-electron chi connectivity index (χ3n) is 5.26. The Morgan fingerprint density at radius 2 is 2.07 bits per heavy atom. The molecule has 3 rings (SSSR count). The molecule has 2 aromatic rings. The number of hydrogen-bond acceptors (Lipinski definition) is 5. The van der Waals surface area contributed by atoms with Gasteiger partial charge < -0.3 is 15.0 Å². The largest absolute Gasteiger partial charge is 0.372 e. The Kier molecular flexibility index (Phi) is 6.34. The lowest BCUT2D eigenvalue weighted by Gasteiger charge is -2.35. The molecule has 0 bridgehead atoms. The first-order valence-corrected chi connectivity index (χ1v) is 10.1. The summed E-state index contributed by atoms with van der Waals surface area (Å²) >= 11 is 0. The predicted molar refractivity (Wildman–Crippen MR) is 109 cm³/mol. The van der Waals surface area contributed by atoms with Crippen molar-refractivity contribution in [2.24, 2.45) is 0 Å². The standard InChI is InChI=1S/C21H31N5O2/c1-5-25(17-10-7-6-8-11-17)13-9-12-22-20(27)21(4)15-28-14-18-23-24-19(16(2)3)26(18)21/h6-8,10-11,16H,5,9,12-15H2,1-4H3,(H,22,27). The molecule has 0 saturated heterocycles. The van der Waals surface area contributed by atoms with Crippen LogP contribution < -0.4 is 10.2 Å². The second kappa shape index (κ2) is 8.73. The maximum absolute atomic E-state index is 13.1. The molecule has 28 heavy (non-hydrogen) atoms. The number of carbonyl (C=O) groups is 1. The summed E-state index contributed by atoms with van der Waals surface area (Å²) in [5.74, 6) is 1.69. The molecular formula is C21H31N5O2. The molecule has 0 aliphatic carbocycles. The quantitative estimate of drug-likeness (QED) is 0.708. The van der Waals surface area contributed by atoms with Crippen molar-refractivity contribution in [3.63, 3.8) is 0 Å². The maximum atomic E-state index is 13.1. The Morgan fingerprint density at radius 3 is 2.75 bits per heavy atom. The smallest absolute Gasteiger partial charge is 0.248 e. The molecule has 1 atom stereocenters. The minimum Gasteiger partial charge on any atom is -0.372 e. The van der Waals surface area contributed by atoms with Gasteiger partial charge in [0.1, 0.15) is 18.0 Å². The lowest BCUT2D eigenvalue weighted by molar-refractivity contribution is -0.135. The molecule has 1 aromatic heterocycles. The Balaban J connectivity index is 1.61. The molecule has 1 N–H and O–H groups in total. The fourth-order valence-corrected chi connectivity index (χ4v) is 3.68. The number of para-hydroxylation sites is 1. The average molecular weight is 386 g/mol. The van der Waals surface area contributed by atoms with Crippen molar-refractivity contribution in [2.45, 2.75) is 52.2 Å². The fourth-order valence-electron chi connectivity index (χ4n) is 3.68. The van der Waals surface area contributed by atoms with E-state index in [0.29, 0.717) is 25.6 Å². The van der Waals surface area contributed by atoms with Gasteiger partial charge in [0.2, 0.25) is 5.91 Å². The first-order chi connectivity index (χ1) is 13.5. The van der Waals surface area contributed by atoms with Crippen molar-refractivity contribution in [1.82, 2.24) is 20.1 Å². The third kappa shape index (κ3) is 4.04. The van der Waals surface area contributed by atoms with E-state index in [4.69, 9.17) is 4.74 Å². The summed E-state index contributed by atoms with van der Waals surface area (Å²) in [5, 5.41) is 11.6. The highest BCUT2D eigenvalue weighted by atomic mass is 16.5. The van der Waals surface area contributed by atoms with Gasteiger partial charge >= 0.3 is 0 Å². The van der Waals surface area contributed by atoms with Gasteiger partial charge in [0.15, 0.2) is 5.82 Å². The summed E-state index contributed by atoms with van der Waals surface area (Å²) in [5.41, 5.74) is 0.389. The van der Waals surface area contributed by atoms with Crippen LogP contribution in [0.15, 0.2) is 30.3 Å². The van der Waals surface area contributed by atoms with Crippen LogP contribution in [0, 0.1) is 0 Å². The van der Waals surface area contributed by atoms with Crippen LogP contribution in [0.5, 0.6) is 0 Å². The number of amides is 1. The fraction of sp³-hybridized carbons (Fsp3) is 0.571. The molecule has 1 aliphatic heterocycles. The van der Waals surface area contributed by atoms with Gasteiger partial charge in [-0.2, -0.15) is 0 Å². The van der Waals surface area contributed by atoms with Gasteiger partial charge in [-0.15, -0.1) is 10.2 Å². The van der Waals surface area contributed by atoms with Crippen molar-refractivity contribution in [3.05, 3.63) is 42.0 Å². The maximum Gasteiger partial charge on any atom is 0.248 e. The van der Waals surface area contributed by atoms with Crippen molar-refractivity contribution in [2.75, 3.05) is 31.1 Å². The first kappa shape index (κ1) is 20.3. The molecule has 1 amide bonds. The SMILES string of the molecule is CCN(CCCNC(=O)C1(C)COCc2nnc(C(C)C)n21)c1ccccc1. The average Bonchev–Trinajstić information content (AvgIpc) is 3.15. The molecule has 0 spiro atoms. The second-order valence-electron chi connectivity index (χ2n) is 7.76. The van der Waals surface area contributed by atoms with Crippen LogP contribution in [0.25, 0.3) is 0 Å². The predicted octanol–water partition coefficient (Wildman–Crippen LogP) is 2.68. The number of benzene rings is 1. The van der Waals surface area contributed by atoms with E-state index in [-0.39, 0.29) is 11.8 Å². The van der Waals surface area contributed by atoms with Gasteiger partial charge in [0, 0.05) is 31.2 Å². The van der Waals surface area contributed by atoms with E-state index in [1.807, 2.05) is 29.7 Å². The monoisotopic (exact) mass is 385 g/mol. The second-order valence-corrected chi connectivity index (χ2v) is 7.76. The molecule has 0 saturated carbocycles. The summed E-state index contributed by atoms with van der Waals surface area (Å²) < 4.78 is 7.62. The van der Waals surface area contributed by atoms with Gasteiger partial charge in [-0.25, -0.2) is 0 Å². The highest BCUT2D eigenvalue weighted by Gasteiger charge is 2.42. The zero-order valence-corrected chi connectivity index (χ0v) is 17.3. The number of ether oxygens (including phenoxy) is 1. The van der Waals surface area contributed by atoms with Crippen molar-refractivity contribution in [3.8, 4) is 0 Å².